The van der Waals surface area contributed by atoms with Crippen LogP contribution in [0.4, 0.5) is 5.69 Å². The molecular formula is C30H45N5O2. The zero-order valence-electron chi connectivity index (χ0n) is 23.7. The van der Waals surface area contributed by atoms with Crippen LogP contribution in [0.15, 0.2) is 18.2 Å². The second kappa shape index (κ2) is 11.0. The van der Waals surface area contributed by atoms with Gasteiger partial charge >= 0.3 is 0 Å². The van der Waals surface area contributed by atoms with Crippen molar-refractivity contribution in [1.82, 2.24) is 20.1 Å². The van der Waals surface area contributed by atoms with Crippen LogP contribution in [0.3, 0.4) is 0 Å². The van der Waals surface area contributed by atoms with E-state index in [2.05, 4.69) is 40.2 Å². The van der Waals surface area contributed by atoms with E-state index in [1.807, 2.05) is 46.8 Å². The molecule has 0 spiro atoms. The molecule has 0 unspecified atom stereocenters. The van der Waals surface area contributed by atoms with Gasteiger partial charge in [-0.2, -0.15) is 0 Å². The van der Waals surface area contributed by atoms with Crippen molar-refractivity contribution in [3.05, 3.63) is 41.0 Å². The number of nitrogens with zero attached hydrogens (tertiary/aromatic N) is 3. The molecule has 2 aromatic rings. The van der Waals surface area contributed by atoms with E-state index < -0.39 is 5.41 Å². The molecule has 37 heavy (non-hydrogen) atoms. The summed E-state index contributed by atoms with van der Waals surface area (Å²) in [4.78, 5) is 26.0. The predicted octanol–water partition coefficient (Wildman–Crippen LogP) is 6.04. The summed E-state index contributed by atoms with van der Waals surface area (Å²) in [5.41, 5.74) is 2.52. The van der Waals surface area contributed by atoms with Crippen LogP contribution < -0.4 is 10.6 Å². The fourth-order valence-corrected chi connectivity index (χ4v) is 5.50. The molecular weight excluding hydrogens is 462 g/mol. The van der Waals surface area contributed by atoms with Crippen LogP contribution in [0, 0.1) is 31.1 Å². The van der Waals surface area contributed by atoms with Crippen molar-refractivity contribution in [3.8, 4) is 0 Å². The van der Waals surface area contributed by atoms with Gasteiger partial charge in [-0.25, -0.2) is 0 Å². The van der Waals surface area contributed by atoms with Crippen LogP contribution in [0.5, 0.6) is 0 Å². The molecule has 2 aliphatic carbocycles. The van der Waals surface area contributed by atoms with Crippen molar-refractivity contribution in [2.75, 3.05) is 11.9 Å². The lowest BCUT2D eigenvalue weighted by Gasteiger charge is -2.36. The fourth-order valence-electron chi connectivity index (χ4n) is 5.50. The van der Waals surface area contributed by atoms with Gasteiger partial charge in [-0.3, -0.25) is 9.59 Å². The van der Waals surface area contributed by atoms with Crippen LogP contribution in [-0.4, -0.2) is 33.1 Å². The van der Waals surface area contributed by atoms with E-state index in [1.165, 1.54) is 19.3 Å². The molecule has 0 aliphatic heterocycles. The molecule has 1 heterocycles. The Hall–Kier alpha value is -2.70. The first-order chi connectivity index (χ1) is 17.4. The van der Waals surface area contributed by atoms with Gasteiger partial charge in [0.15, 0.2) is 0 Å². The Bertz CT molecular complexity index is 1120. The van der Waals surface area contributed by atoms with Gasteiger partial charge in [0.05, 0.1) is 0 Å². The normalized spacial score (nSPS) is 20.4. The largest absolute Gasteiger partial charge is 0.355 e. The maximum Gasteiger partial charge on any atom is 0.225 e. The summed E-state index contributed by atoms with van der Waals surface area (Å²) in [6.07, 6.45) is 6.08. The summed E-state index contributed by atoms with van der Waals surface area (Å²) >= 11 is 0. The molecule has 7 heteroatoms. The molecule has 1 atom stereocenters. The Balaban J connectivity index is 1.55. The third-order valence-corrected chi connectivity index (χ3v) is 7.71. The summed E-state index contributed by atoms with van der Waals surface area (Å²) < 4.78 is 2.33. The highest BCUT2D eigenvalue weighted by atomic mass is 16.2. The summed E-state index contributed by atoms with van der Waals surface area (Å²) in [7, 11) is 0. The molecule has 2 fully saturated rings. The van der Waals surface area contributed by atoms with Gasteiger partial charge in [0.1, 0.15) is 11.6 Å². The van der Waals surface area contributed by atoms with Crippen LogP contribution in [-0.2, 0) is 9.59 Å². The lowest BCUT2D eigenvalue weighted by atomic mass is 9.71. The van der Waals surface area contributed by atoms with Gasteiger partial charge in [-0.1, -0.05) is 52.3 Å². The standard InChI is InChI=1S/C30H45N5O2/c1-18(2)12-21-14-22(15-21)27-33-34-28(35(27)24-9-10-24)23(17-31-29(37)30(5,6)7)16-26(36)32-25-11-8-19(3)13-20(25)4/h8,11,13,18,21-24H,9-10,12,14-17H2,1-7H3,(H,31,37)(H,32,36)/t21?,22?,23-/m1/s1. The molecule has 2 saturated carbocycles. The summed E-state index contributed by atoms with van der Waals surface area (Å²) in [6, 6.07) is 6.43. The van der Waals surface area contributed by atoms with Gasteiger partial charge in [-0.15, -0.1) is 10.2 Å². The monoisotopic (exact) mass is 507 g/mol. The van der Waals surface area contributed by atoms with E-state index in [9.17, 15) is 9.59 Å². The van der Waals surface area contributed by atoms with Gasteiger partial charge in [-0.05, 0) is 69.4 Å². The van der Waals surface area contributed by atoms with Gasteiger partial charge < -0.3 is 15.2 Å². The number of carbonyl (C=O) groups excluding carboxylic acids is 2. The number of benzene rings is 1. The third kappa shape index (κ3) is 6.79. The Morgan fingerprint density at radius 1 is 1.11 bits per heavy atom. The second-order valence-electron chi connectivity index (χ2n) is 12.9. The first kappa shape index (κ1) is 27.3. The fraction of sp³-hybridized carbons (Fsp3) is 0.667. The Kier molecular flexibility index (Phi) is 8.10. The van der Waals surface area contributed by atoms with Crippen LogP contribution in [0.25, 0.3) is 0 Å². The van der Waals surface area contributed by atoms with Crippen molar-refractivity contribution >= 4 is 17.5 Å². The molecule has 0 saturated heterocycles. The maximum absolute atomic E-state index is 13.2. The predicted molar refractivity (Wildman–Crippen MR) is 148 cm³/mol. The molecule has 202 valence electrons. The quantitative estimate of drug-likeness (QED) is 0.410. The number of aryl methyl sites for hydroxylation is 2. The smallest absolute Gasteiger partial charge is 0.225 e. The van der Waals surface area contributed by atoms with E-state index in [0.29, 0.717) is 24.4 Å². The number of carbonyl (C=O) groups is 2. The van der Waals surface area contributed by atoms with Crippen LogP contribution in [0.1, 0.15) is 114 Å². The topological polar surface area (TPSA) is 88.9 Å². The van der Waals surface area contributed by atoms with Gasteiger partial charge in [0.25, 0.3) is 0 Å². The molecule has 2 amide bonds. The van der Waals surface area contributed by atoms with E-state index >= 15 is 0 Å². The molecule has 1 aromatic heterocycles. The maximum atomic E-state index is 13.2. The summed E-state index contributed by atoms with van der Waals surface area (Å²) in [6.45, 7) is 14.7. The summed E-state index contributed by atoms with van der Waals surface area (Å²) in [5, 5.41) is 15.5. The second-order valence-corrected chi connectivity index (χ2v) is 12.9. The van der Waals surface area contributed by atoms with Gasteiger partial charge in [0.2, 0.25) is 11.8 Å². The average Bonchev–Trinajstić information content (AvgIpc) is 3.53. The number of hydrogen-bond acceptors (Lipinski definition) is 4. The molecule has 2 N–H and O–H groups in total. The van der Waals surface area contributed by atoms with E-state index in [4.69, 9.17) is 5.10 Å². The van der Waals surface area contributed by atoms with E-state index in [1.54, 1.807) is 0 Å². The van der Waals surface area contributed by atoms with Crippen LogP contribution >= 0.6 is 0 Å². The van der Waals surface area contributed by atoms with Crippen molar-refractivity contribution in [1.29, 1.82) is 0 Å². The van der Waals surface area contributed by atoms with Crippen molar-refractivity contribution in [2.24, 2.45) is 17.3 Å². The first-order valence-electron chi connectivity index (χ1n) is 14.0. The highest BCUT2D eigenvalue weighted by molar-refractivity contribution is 5.92. The van der Waals surface area contributed by atoms with E-state index in [-0.39, 0.29) is 24.2 Å². The first-order valence-corrected chi connectivity index (χ1v) is 14.0. The zero-order valence-corrected chi connectivity index (χ0v) is 23.7. The lowest BCUT2D eigenvalue weighted by molar-refractivity contribution is -0.128. The number of anilines is 1. The molecule has 7 nitrogen and oxygen atoms in total. The third-order valence-electron chi connectivity index (χ3n) is 7.71. The Morgan fingerprint density at radius 2 is 1.81 bits per heavy atom. The molecule has 0 radical (unpaired) electrons. The Morgan fingerprint density at radius 3 is 2.41 bits per heavy atom. The number of amides is 2. The number of nitrogens with one attached hydrogen (secondary N) is 2. The van der Waals surface area contributed by atoms with E-state index in [0.717, 1.165) is 47.2 Å². The highest BCUT2D eigenvalue weighted by Crippen LogP contribution is 2.47. The lowest BCUT2D eigenvalue weighted by Crippen LogP contribution is -2.38. The highest BCUT2D eigenvalue weighted by Gasteiger charge is 2.40. The SMILES string of the molecule is Cc1ccc(NC(=O)C[C@H](CNC(=O)C(C)(C)C)c2nnc(C3CC(CC(C)C)C3)n2C2CC2)c(C)c1. The zero-order chi connectivity index (χ0) is 26.9. The molecule has 1 aromatic carbocycles. The molecule has 4 rings (SSSR count). The van der Waals surface area contributed by atoms with Crippen molar-refractivity contribution < 1.29 is 9.59 Å². The molecule has 2 aliphatic rings. The van der Waals surface area contributed by atoms with Crippen molar-refractivity contribution in [3.63, 3.8) is 0 Å². The molecule has 0 bridgehead atoms. The number of aromatic nitrogens is 3. The number of rotatable bonds is 10. The minimum absolute atomic E-state index is 0.0273. The number of hydrogen-bond donors (Lipinski definition) is 2. The minimum Gasteiger partial charge on any atom is -0.355 e. The van der Waals surface area contributed by atoms with Gasteiger partial charge in [0, 0.05) is 41.9 Å². The van der Waals surface area contributed by atoms with Crippen molar-refractivity contribution in [2.45, 2.75) is 105 Å². The average molecular weight is 508 g/mol. The van der Waals surface area contributed by atoms with Crippen LogP contribution in [0.2, 0.25) is 0 Å². The summed E-state index contributed by atoms with van der Waals surface area (Å²) in [5.74, 6) is 3.51. The minimum atomic E-state index is -0.501. The Labute approximate surface area is 222 Å².